The number of carbonyl (C=O) groups excluding carboxylic acids is 2. The second-order valence-corrected chi connectivity index (χ2v) is 7.32. The van der Waals surface area contributed by atoms with E-state index in [1.165, 1.54) is 5.56 Å². The standard InChI is InChI=1S/C21H31NO3/c1-3-4-12-25-21(24)19(15-18-10-11-18)22-20(23)14-16(2)13-17-8-6-5-7-9-17/h5-9,16,18-19H,3-4,10-15H2,1-2H3,(H,22,23)/t16-,19-/m1/s1. The summed E-state index contributed by atoms with van der Waals surface area (Å²) in [4.78, 5) is 24.6. The van der Waals surface area contributed by atoms with Gasteiger partial charge < -0.3 is 10.1 Å². The highest BCUT2D eigenvalue weighted by Crippen LogP contribution is 2.33. The van der Waals surface area contributed by atoms with Crippen molar-refractivity contribution in [1.29, 1.82) is 0 Å². The van der Waals surface area contributed by atoms with Crippen LogP contribution in [0.3, 0.4) is 0 Å². The second-order valence-electron chi connectivity index (χ2n) is 7.32. The minimum absolute atomic E-state index is 0.0541. The van der Waals surface area contributed by atoms with Crippen LogP contribution >= 0.6 is 0 Å². The zero-order valence-electron chi connectivity index (χ0n) is 15.5. The summed E-state index contributed by atoms with van der Waals surface area (Å²) in [6.45, 7) is 4.57. The van der Waals surface area contributed by atoms with E-state index in [0.717, 1.165) is 32.1 Å². The van der Waals surface area contributed by atoms with Gasteiger partial charge >= 0.3 is 5.97 Å². The molecule has 2 rings (SSSR count). The predicted octanol–water partition coefficient (Wildman–Crippen LogP) is 3.88. The number of benzene rings is 1. The number of carbonyl (C=O) groups is 2. The van der Waals surface area contributed by atoms with Crippen molar-refractivity contribution in [3.8, 4) is 0 Å². The number of hydrogen-bond donors (Lipinski definition) is 1. The third-order valence-electron chi connectivity index (χ3n) is 4.59. The Morgan fingerprint density at radius 3 is 2.60 bits per heavy atom. The molecular weight excluding hydrogens is 314 g/mol. The molecule has 0 radical (unpaired) electrons. The van der Waals surface area contributed by atoms with Gasteiger partial charge in [0.25, 0.3) is 0 Å². The first-order valence-electron chi connectivity index (χ1n) is 9.58. The molecule has 4 heteroatoms. The number of amides is 1. The van der Waals surface area contributed by atoms with E-state index in [4.69, 9.17) is 4.74 Å². The van der Waals surface area contributed by atoms with Crippen LogP contribution in [0.25, 0.3) is 0 Å². The van der Waals surface area contributed by atoms with Crippen molar-refractivity contribution in [2.24, 2.45) is 11.8 Å². The van der Waals surface area contributed by atoms with Gasteiger partial charge in [-0.25, -0.2) is 4.79 Å². The first kappa shape index (κ1) is 19.5. The zero-order chi connectivity index (χ0) is 18.1. The highest BCUT2D eigenvalue weighted by molar-refractivity contribution is 5.84. The third-order valence-corrected chi connectivity index (χ3v) is 4.59. The molecule has 0 aliphatic heterocycles. The van der Waals surface area contributed by atoms with E-state index < -0.39 is 6.04 Å². The average Bonchev–Trinajstić information content (AvgIpc) is 3.39. The van der Waals surface area contributed by atoms with Crippen molar-refractivity contribution >= 4 is 11.9 Å². The van der Waals surface area contributed by atoms with E-state index in [-0.39, 0.29) is 17.8 Å². The summed E-state index contributed by atoms with van der Waals surface area (Å²) >= 11 is 0. The molecule has 1 amide bonds. The van der Waals surface area contributed by atoms with Crippen LogP contribution in [0.1, 0.15) is 57.9 Å². The molecule has 0 saturated heterocycles. The van der Waals surface area contributed by atoms with Crippen LogP contribution in [0, 0.1) is 11.8 Å². The largest absolute Gasteiger partial charge is 0.464 e. The number of esters is 1. The van der Waals surface area contributed by atoms with E-state index in [0.29, 0.717) is 25.4 Å². The quantitative estimate of drug-likeness (QED) is 0.489. The van der Waals surface area contributed by atoms with Crippen molar-refractivity contribution < 1.29 is 14.3 Å². The Morgan fingerprint density at radius 1 is 1.24 bits per heavy atom. The molecule has 2 atom stereocenters. The van der Waals surface area contributed by atoms with E-state index in [2.05, 4.69) is 31.3 Å². The van der Waals surface area contributed by atoms with Crippen LogP contribution in [-0.4, -0.2) is 24.5 Å². The van der Waals surface area contributed by atoms with Crippen LogP contribution in [0.5, 0.6) is 0 Å². The van der Waals surface area contributed by atoms with Gasteiger partial charge in [0.1, 0.15) is 6.04 Å². The van der Waals surface area contributed by atoms with Gasteiger partial charge in [-0.2, -0.15) is 0 Å². The Bertz CT molecular complexity index is 539. The third kappa shape index (κ3) is 7.72. The van der Waals surface area contributed by atoms with Gasteiger partial charge in [-0.15, -0.1) is 0 Å². The van der Waals surface area contributed by atoms with E-state index in [1.54, 1.807) is 0 Å². The highest BCUT2D eigenvalue weighted by Gasteiger charge is 2.31. The van der Waals surface area contributed by atoms with Crippen LogP contribution in [0.2, 0.25) is 0 Å². The Hall–Kier alpha value is -1.84. The summed E-state index contributed by atoms with van der Waals surface area (Å²) in [6.07, 6.45) is 6.16. The van der Waals surface area contributed by atoms with Gasteiger partial charge in [-0.05, 0) is 36.7 Å². The molecule has 0 aromatic heterocycles. The molecule has 1 fully saturated rings. The summed E-state index contributed by atoms with van der Waals surface area (Å²) in [5.74, 6) is 0.469. The van der Waals surface area contributed by atoms with Crippen molar-refractivity contribution in [2.75, 3.05) is 6.61 Å². The highest BCUT2D eigenvalue weighted by atomic mass is 16.5. The number of unbranched alkanes of at least 4 members (excludes halogenated alkanes) is 1. The summed E-state index contributed by atoms with van der Waals surface area (Å²) in [7, 11) is 0. The van der Waals surface area contributed by atoms with Crippen molar-refractivity contribution in [3.05, 3.63) is 35.9 Å². The van der Waals surface area contributed by atoms with Gasteiger partial charge in [-0.3, -0.25) is 4.79 Å². The van der Waals surface area contributed by atoms with E-state index in [1.807, 2.05) is 18.2 Å². The monoisotopic (exact) mass is 345 g/mol. The molecule has 25 heavy (non-hydrogen) atoms. The molecule has 1 aromatic rings. The lowest BCUT2D eigenvalue weighted by Crippen LogP contribution is -2.42. The lowest BCUT2D eigenvalue weighted by molar-refractivity contribution is -0.148. The van der Waals surface area contributed by atoms with Gasteiger partial charge in [0, 0.05) is 6.42 Å². The number of rotatable bonds is 11. The number of ether oxygens (including phenoxy) is 1. The summed E-state index contributed by atoms with van der Waals surface area (Å²) in [6, 6.07) is 9.69. The van der Waals surface area contributed by atoms with Crippen LogP contribution < -0.4 is 5.32 Å². The molecule has 1 aliphatic rings. The first-order valence-corrected chi connectivity index (χ1v) is 9.58. The molecule has 1 saturated carbocycles. The molecule has 0 unspecified atom stereocenters. The predicted molar refractivity (Wildman–Crippen MR) is 99.1 cm³/mol. The SMILES string of the molecule is CCCCOC(=O)[C@@H](CC1CC1)NC(=O)C[C@H](C)Cc1ccccc1. The fourth-order valence-corrected chi connectivity index (χ4v) is 2.98. The molecule has 4 nitrogen and oxygen atoms in total. The van der Waals surface area contributed by atoms with Gasteiger partial charge in [-0.1, -0.05) is 63.4 Å². The Morgan fingerprint density at radius 2 is 1.96 bits per heavy atom. The Balaban J connectivity index is 1.80. The average molecular weight is 345 g/mol. The smallest absolute Gasteiger partial charge is 0.328 e. The van der Waals surface area contributed by atoms with Crippen molar-refractivity contribution in [2.45, 2.75) is 64.8 Å². The Kier molecular flexibility index (Phi) is 7.96. The fourth-order valence-electron chi connectivity index (χ4n) is 2.98. The van der Waals surface area contributed by atoms with Crippen molar-refractivity contribution in [1.82, 2.24) is 5.32 Å². The molecule has 0 spiro atoms. The van der Waals surface area contributed by atoms with Crippen LogP contribution in [0.15, 0.2) is 30.3 Å². The van der Waals surface area contributed by atoms with E-state index >= 15 is 0 Å². The summed E-state index contributed by atoms with van der Waals surface area (Å²) < 4.78 is 5.32. The molecule has 1 aliphatic carbocycles. The molecular formula is C21H31NO3. The van der Waals surface area contributed by atoms with Crippen LogP contribution in [-0.2, 0) is 20.7 Å². The summed E-state index contributed by atoms with van der Waals surface area (Å²) in [5, 5.41) is 2.92. The zero-order valence-corrected chi connectivity index (χ0v) is 15.5. The lowest BCUT2D eigenvalue weighted by Gasteiger charge is -2.19. The molecule has 1 N–H and O–H groups in total. The van der Waals surface area contributed by atoms with Gasteiger partial charge in [0.2, 0.25) is 5.91 Å². The lowest BCUT2D eigenvalue weighted by atomic mass is 9.97. The van der Waals surface area contributed by atoms with Crippen LogP contribution in [0.4, 0.5) is 0 Å². The van der Waals surface area contributed by atoms with E-state index in [9.17, 15) is 9.59 Å². The maximum Gasteiger partial charge on any atom is 0.328 e. The Labute approximate surface area is 151 Å². The molecule has 1 aromatic carbocycles. The topological polar surface area (TPSA) is 55.4 Å². The molecule has 138 valence electrons. The minimum Gasteiger partial charge on any atom is -0.464 e. The normalized spacial score (nSPS) is 16.1. The molecule has 0 bridgehead atoms. The number of hydrogen-bond acceptors (Lipinski definition) is 3. The minimum atomic E-state index is -0.485. The fraction of sp³-hybridized carbons (Fsp3) is 0.619. The maximum absolute atomic E-state index is 12.4. The van der Waals surface area contributed by atoms with Gasteiger partial charge in [0.05, 0.1) is 6.61 Å². The summed E-state index contributed by atoms with van der Waals surface area (Å²) in [5.41, 5.74) is 1.23. The number of nitrogens with one attached hydrogen (secondary N) is 1. The first-order chi connectivity index (χ1) is 12.1. The maximum atomic E-state index is 12.4. The second kappa shape index (κ2) is 10.2. The molecule has 0 heterocycles. The van der Waals surface area contributed by atoms with Gasteiger partial charge in [0.15, 0.2) is 0 Å². The van der Waals surface area contributed by atoms with Crippen molar-refractivity contribution in [3.63, 3.8) is 0 Å².